The molecule has 0 saturated carbocycles. The highest BCUT2D eigenvalue weighted by atomic mass is 15.1. The van der Waals surface area contributed by atoms with Crippen molar-refractivity contribution < 1.29 is 0 Å². The van der Waals surface area contributed by atoms with E-state index in [1.165, 1.54) is 10.8 Å². The number of benzene rings is 4. The normalized spacial score (nSPS) is 10.9. The summed E-state index contributed by atoms with van der Waals surface area (Å²) >= 11 is 0. The molecule has 4 heteroatoms. The maximum Gasteiger partial charge on any atom is 0.174 e. The van der Waals surface area contributed by atoms with Crippen molar-refractivity contribution in [1.82, 2.24) is 9.97 Å². The van der Waals surface area contributed by atoms with E-state index in [2.05, 4.69) is 41.0 Å². The summed E-state index contributed by atoms with van der Waals surface area (Å²) in [5.41, 5.74) is 3.64. The number of nitrogens with zero attached hydrogens (tertiary/aromatic N) is 2. The zero-order chi connectivity index (χ0) is 18.8. The average molecular weight is 362 g/mol. The Morgan fingerprint density at radius 3 is 1.75 bits per heavy atom. The average Bonchev–Trinajstić information content (AvgIpc) is 2.75. The SMILES string of the molecule is c1ccc(Nc2nc3ccccc3nc2Nc2ccc3ccccc3c2)cc1. The number of rotatable bonds is 4. The zero-order valence-electron chi connectivity index (χ0n) is 15.1. The molecule has 1 aromatic heterocycles. The number of anilines is 4. The minimum absolute atomic E-state index is 0.692. The Morgan fingerprint density at radius 2 is 1.04 bits per heavy atom. The Kier molecular flexibility index (Phi) is 4.07. The third-order valence-corrected chi connectivity index (χ3v) is 4.62. The van der Waals surface area contributed by atoms with Gasteiger partial charge in [-0.05, 0) is 47.2 Å². The molecule has 0 aliphatic carbocycles. The maximum atomic E-state index is 4.81. The molecule has 28 heavy (non-hydrogen) atoms. The molecule has 4 nitrogen and oxygen atoms in total. The van der Waals surface area contributed by atoms with Gasteiger partial charge in [0.2, 0.25) is 0 Å². The van der Waals surface area contributed by atoms with Crippen LogP contribution in [0.2, 0.25) is 0 Å². The summed E-state index contributed by atoms with van der Waals surface area (Å²) in [6.45, 7) is 0. The Balaban J connectivity index is 1.58. The molecule has 0 radical (unpaired) electrons. The predicted octanol–water partition coefficient (Wildman–Crippen LogP) is 6.27. The van der Waals surface area contributed by atoms with Gasteiger partial charge in [-0.2, -0.15) is 0 Å². The van der Waals surface area contributed by atoms with E-state index in [0.29, 0.717) is 11.6 Å². The van der Waals surface area contributed by atoms with Crippen LogP contribution in [0, 0.1) is 0 Å². The van der Waals surface area contributed by atoms with Crippen molar-refractivity contribution in [3.05, 3.63) is 97.1 Å². The Morgan fingerprint density at radius 1 is 0.464 bits per heavy atom. The molecular formula is C24H18N4. The molecule has 4 aromatic carbocycles. The van der Waals surface area contributed by atoms with Crippen molar-refractivity contribution in [3.63, 3.8) is 0 Å². The van der Waals surface area contributed by atoms with Crippen LogP contribution in [0.1, 0.15) is 0 Å². The summed E-state index contributed by atoms with van der Waals surface area (Å²) in [7, 11) is 0. The van der Waals surface area contributed by atoms with Crippen molar-refractivity contribution in [2.45, 2.75) is 0 Å². The van der Waals surface area contributed by atoms with E-state index in [4.69, 9.17) is 9.97 Å². The molecule has 1 heterocycles. The Bertz CT molecular complexity index is 1270. The minimum atomic E-state index is 0.692. The van der Waals surface area contributed by atoms with E-state index in [1.807, 2.05) is 66.7 Å². The van der Waals surface area contributed by atoms with Crippen LogP contribution in [0.15, 0.2) is 97.1 Å². The first kappa shape index (κ1) is 16.3. The van der Waals surface area contributed by atoms with Gasteiger partial charge in [-0.15, -0.1) is 0 Å². The molecule has 2 N–H and O–H groups in total. The topological polar surface area (TPSA) is 49.8 Å². The van der Waals surface area contributed by atoms with E-state index in [1.54, 1.807) is 0 Å². The van der Waals surface area contributed by atoms with Crippen molar-refractivity contribution in [1.29, 1.82) is 0 Å². The first-order valence-electron chi connectivity index (χ1n) is 9.20. The van der Waals surface area contributed by atoms with Gasteiger partial charge in [0.15, 0.2) is 11.6 Å². The van der Waals surface area contributed by atoms with E-state index in [0.717, 1.165) is 22.4 Å². The molecule has 0 amide bonds. The summed E-state index contributed by atoms with van der Waals surface area (Å²) in [5.74, 6) is 1.39. The summed E-state index contributed by atoms with van der Waals surface area (Å²) in [6.07, 6.45) is 0. The van der Waals surface area contributed by atoms with Crippen LogP contribution in [-0.2, 0) is 0 Å². The first-order valence-corrected chi connectivity index (χ1v) is 9.20. The lowest BCUT2D eigenvalue weighted by Crippen LogP contribution is -2.03. The van der Waals surface area contributed by atoms with Gasteiger partial charge < -0.3 is 10.6 Å². The van der Waals surface area contributed by atoms with Gasteiger partial charge in [-0.3, -0.25) is 0 Å². The van der Waals surface area contributed by atoms with Crippen LogP contribution in [0.3, 0.4) is 0 Å². The number of nitrogens with one attached hydrogen (secondary N) is 2. The van der Waals surface area contributed by atoms with Gasteiger partial charge in [-0.1, -0.05) is 60.7 Å². The van der Waals surface area contributed by atoms with Gasteiger partial charge in [0.25, 0.3) is 0 Å². The Labute approximate surface area is 162 Å². The molecule has 5 aromatic rings. The molecule has 0 unspecified atom stereocenters. The zero-order valence-corrected chi connectivity index (χ0v) is 15.1. The highest BCUT2D eigenvalue weighted by molar-refractivity contribution is 5.88. The molecule has 0 spiro atoms. The molecule has 0 aliphatic heterocycles. The fraction of sp³-hybridized carbons (Fsp3) is 0. The maximum absolute atomic E-state index is 4.81. The van der Waals surface area contributed by atoms with E-state index in [-0.39, 0.29) is 0 Å². The van der Waals surface area contributed by atoms with Gasteiger partial charge in [0.05, 0.1) is 11.0 Å². The second kappa shape index (κ2) is 7.00. The van der Waals surface area contributed by atoms with E-state index in [9.17, 15) is 0 Å². The summed E-state index contributed by atoms with van der Waals surface area (Å²) < 4.78 is 0. The molecule has 0 saturated heterocycles. The van der Waals surface area contributed by atoms with E-state index >= 15 is 0 Å². The lowest BCUT2D eigenvalue weighted by Gasteiger charge is -2.14. The minimum Gasteiger partial charge on any atom is -0.337 e. The van der Waals surface area contributed by atoms with E-state index < -0.39 is 0 Å². The third kappa shape index (κ3) is 3.23. The van der Waals surface area contributed by atoms with Crippen molar-refractivity contribution >= 4 is 44.8 Å². The van der Waals surface area contributed by atoms with Gasteiger partial charge in [0.1, 0.15) is 0 Å². The van der Waals surface area contributed by atoms with Gasteiger partial charge in [0, 0.05) is 11.4 Å². The fourth-order valence-electron chi connectivity index (χ4n) is 3.24. The largest absolute Gasteiger partial charge is 0.337 e. The summed E-state index contributed by atoms with van der Waals surface area (Å²) in [4.78, 5) is 9.60. The number of para-hydroxylation sites is 3. The highest BCUT2D eigenvalue weighted by Gasteiger charge is 2.10. The van der Waals surface area contributed by atoms with Crippen LogP contribution in [-0.4, -0.2) is 9.97 Å². The number of aromatic nitrogens is 2. The van der Waals surface area contributed by atoms with Crippen LogP contribution in [0.5, 0.6) is 0 Å². The van der Waals surface area contributed by atoms with Crippen LogP contribution >= 0.6 is 0 Å². The monoisotopic (exact) mass is 362 g/mol. The fourth-order valence-corrected chi connectivity index (χ4v) is 3.24. The standard InChI is InChI=1S/C24H18N4/c1-2-10-19(11-3-1)25-23-24(28-22-13-7-6-12-21(22)27-23)26-20-15-14-17-8-4-5-9-18(17)16-20/h1-16H,(H,25,27)(H,26,28). The summed E-state index contributed by atoms with van der Waals surface area (Å²) in [5, 5.41) is 9.21. The molecule has 5 rings (SSSR count). The van der Waals surface area contributed by atoms with Crippen LogP contribution < -0.4 is 10.6 Å². The molecule has 0 fully saturated rings. The number of hydrogen-bond acceptors (Lipinski definition) is 4. The van der Waals surface area contributed by atoms with Gasteiger partial charge in [-0.25, -0.2) is 9.97 Å². The van der Waals surface area contributed by atoms with Gasteiger partial charge >= 0.3 is 0 Å². The van der Waals surface area contributed by atoms with Crippen molar-refractivity contribution in [3.8, 4) is 0 Å². The van der Waals surface area contributed by atoms with Crippen LogP contribution in [0.4, 0.5) is 23.0 Å². The second-order valence-electron chi connectivity index (χ2n) is 6.59. The molecular weight excluding hydrogens is 344 g/mol. The van der Waals surface area contributed by atoms with Crippen molar-refractivity contribution in [2.24, 2.45) is 0 Å². The summed E-state index contributed by atoms with van der Waals surface area (Å²) in [6, 6.07) is 32.5. The first-order chi connectivity index (χ1) is 13.8. The third-order valence-electron chi connectivity index (χ3n) is 4.62. The van der Waals surface area contributed by atoms with Crippen LogP contribution in [0.25, 0.3) is 21.8 Å². The number of hydrogen-bond donors (Lipinski definition) is 2. The highest BCUT2D eigenvalue weighted by Crippen LogP contribution is 2.28. The smallest absolute Gasteiger partial charge is 0.174 e. The number of fused-ring (bicyclic) bond motifs is 2. The lowest BCUT2D eigenvalue weighted by molar-refractivity contribution is 1.27. The quantitative estimate of drug-likeness (QED) is 0.395. The van der Waals surface area contributed by atoms with Crippen molar-refractivity contribution in [2.75, 3.05) is 10.6 Å². The molecule has 0 aliphatic rings. The predicted molar refractivity (Wildman–Crippen MR) is 116 cm³/mol. The Hall–Kier alpha value is -3.92. The molecule has 0 atom stereocenters. The molecule has 0 bridgehead atoms. The molecule has 134 valence electrons. The second-order valence-corrected chi connectivity index (χ2v) is 6.59. The lowest BCUT2D eigenvalue weighted by atomic mass is 10.1.